The largest absolute Gasteiger partial charge is 0.494 e. The topological polar surface area (TPSA) is 39.2 Å². The number of carbonyl (C=O) groups excluding carboxylic acids is 1. The fourth-order valence-corrected chi connectivity index (χ4v) is 2.02. The van der Waals surface area contributed by atoms with Crippen molar-refractivity contribution in [2.24, 2.45) is 0 Å². The van der Waals surface area contributed by atoms with Gasteiger partial charge in [0.15, 0.2) is 5.69 Å². The highest BCUT2D eigenvalue weighted by Gasteiger charge is 2.16. The number of pyridine rings is 1. The second kappa shape index (κ2) is 5.19. The Balaban J connectivity index is 2.47. The monoisotopic (exact) mass is 261 g/mol. The fourth-order valence-electron chi connectivity index (χ4n) is 1.73. The van der Waals surface area contributed by atoms with Crippen LogP contribution in [0.15, 0.2) is 36.5 Å². The lowest BCUT2D eigenvalue weighted by Gasteiger charge is -2.07. The molecule has 0 amide bonds. The first kappa shape index (κ1) is 12.6. The van der Waals surface area contributed by atoms with Gasteiger partial charge in [-0.2, -0.15) is 0 Å². The Morgan fingerprint density at radius 2 is 2.11 bits per heavy atom. The maximum absolute atomic E-state index is 12.3. The van der Waals surface area contributed by atoms with E-state index < -0.39 is 0 Å². The molecule has 0 aliphatic rings. The SMILES string of the molecule is COc1cccnc1C(=O)c1cc(C)cc(Cl)c1. The molecule has 1 aromatic heterocycles. The standard InChI is InChI=1S/C14H12ClNO2/c1-9-6-10(8-11(15)7-9)14(17)13-12(18-2)4-3-5-16-13/h3-8H,1-2H3. The number of rotatable bonds is 3. The molecule has 0 aliphatic carbocycles. The Morgan fingerprint density at radius 1 is 1.33 bits per heavy atom. The van der Waals surface area contributed by atoms with Crippen LogP contribution < -0.4 is 4.74 Å². The van der Waals surface area contributed by atoms with Gasteiger partial charge in [-0.3, -0.25) is 4.79 Å². The summed E-state index contributed by atoms with van der Waals surface area (Å²) in [7, 11) is 1.51. The lowest BCUT2D eigenvalue weighted by atomic mass is 10.0. The summed E-state index contributed by atoms with van der Waals surface area (Å²) < 4.78 is 5.13. The van der Waals surface area contributed by atoms with Crippen molar-refractivity contribution in [1.29, 1.82) is 0 Å². The van der Waals surface area contributed by atoms with E-state index >= 15 is 0 Å². The molecule has 1 aromatic carbocycles. The first-order valence-corrected chi connectivity index (χ1v) is 5.80. The number of carbonyl (C=O) groups is 1. The summed E-state index contributed by atoms with van der Waals surface area (Å²) in [5, 5.41) is 0.535. The number of hydrogen-bond acceptors (Lipinski definition) is 3. The predicted molar refractivity (Wildman–Crippen MR) is 70.4 cm³/mol. The van der Waals surface area contributed by atoms with E-state index in [0.717, 1.165) is 5.56 Å². The van der Waals surface area contributed by atoms with E-state index in [1.807, 2.05) is 6.92 Å². The van der Waals surface area contributed by atoms with Gasteiger partial charge in [0.2, 0.25) is 5.78 Å². The number of ketones is 1. The molecule has 0 bridgehead atoms. The van der Waals surface area contributed by atoms with E-state index in [4.69, 9.17) is 16.3 Å². The van der Waals surface area contributed by atoms with Crippen molar-refractivity contribution in [2.45, 2.75) is 6.92 Å². The predicted octanol–water partition coefficient (Wildman–Crippen LogP) is 3.28. The van der Waals surface area contributed by atoms with E-state index in [0.29, 0.717) is 22.0 Å². The minimum atomic E-state index is -0.196. The highest BCUT2D eigenvalue weighted by molar-refractivity contribution is 6.31. The minimum absolute atomic E-state index is 0.196. The first-order valence-electron chi connectivity index (χ1n) is 5.42. The minimum Gasteiger partial charge on any atom is -0.494 e. The van der Waals surface area contributed by atoms with Crippen LogP contribution in [0.4, 0.5) is 0 Å². The van der Waals surface area contributed by atoms with E-state index in [1.165, 1.54) is 7.11 Å². The number of aromatic nitrogens is 1. The van der Waals surface area contributed by atoms with Crippen molar-refractivity contribution in [1.82, 2.24) is 4.98 Å². The molecule has 3 nitrogen and oxygen atoms in total. The van der Waals surface area contributed by atoms with Gasteiger partial charge >= 0.3 is 0 Å². The van der Waals surface area contributed by atoms with Crippen molar-refractivity contribution in [3.8, 4) is 5.75 Å². The molecule has 92 valence electrons. The second-order valence-corrected chi connectivity index (χ2v) is 4.34. The quantitative estimate of drug-likeness (QED) is 0.796. The Bertz CT molecular complexity index is 576. The summed E-state index contributed by atoms with van der Waals surface area (Å²) in [6.45, 7) is 1.89. The third-order valence-electron chi connectivity index (χ3n) is 2.51. The zero-order chi connectivity index (χ0) is 13.1. The van der Waals surface area contributed by atoms with Crippen LogP contribution in [0.5, 0.6) is 5.75 Å². The number of hydrogen-bond donors (Lipinski definition) is 0. The molecule has 0 spiro atoms. The maximum atomic E-state index is 12.3. The lowest BCUT2D eigenvalue weighted by molar-refractivity contribution is 0.103. The molecule has 0 saturated heterocycles. The van der Waals surface area contributed by atoms with Gasteiger partial charge in [-0.05, 0) is 42.8 Å². The smallest absolute Gasteiger partial charge is 0.215 e. The van der Waals surface area contributed by atoms with Crippen LogP contribution in [0.3, 0.4) is 0 Å². The number of benzene rings is 1. The van der Waals surface area contributed by atoms with Gasteiger partial charge in [0.25, 0.3) is 0 Å². The second-order valence-electron chi connectivity index (χ2n) is 3.90. The van der Waals surface area contributed by atoms with Crippen molar-refractivity contribution < 1.29 is 9.53 Å². The Kier molecular flexibility index (Phi) is 3.63. The molecule has 0 radical (unpaired) electrons. The van der Waals surface area contributed by atoms with Gasteiger partial charge in [0, 0.05) is 16.8 Å². The van der Waals surface area contributed by atoms with Crippen LogP contribution in [0.2, 0.25) is 5.02 Å². The Hall–Kier alpha value is -1.87. The molecular formula is C14H12ClNO2. The summed E-state index contributed by atoms with van der Waals surface area (Å²) in [6.07, 6.45) is 1.56. The molecule has 0 aliphatic heterocycles. The summed E-state index contributed by atoms with van der Waals surface area (Å²) in [5.74, 6) is 0.262. The molecule has 4 heteroatoms. The van der Waals surface area contributed by atoms with Gasteiger partial charge < -0.3 is 4.74 Å². The normalized spacial score (nSPS) is 10.2. The Labute approximate surface area is 110 Å². The number of aryl methyl sites for hydroxylation is 1. The molecule has 1 heterocycles. The summed E-state index contributed by atoms with van der Waals surface area (Å²) >= 11 is 5.95. The molecule has 0 fully saturated rings. The maximum Gasteiger partial charge on any atom is 0.215 e. The zero-order valence-corrected chi connectivity index (χ0v) is 10.9. The van der Waals surface area contributed by atoms with Crippen LogP contribution in [0.25, 0.3) is 0 Å². The van der Waals surface area contributed by atoms with Gasteiger partial charge in [-0.15, -0.1) is 0 Å². The van der Waals surface area contributed by atoms with E-state index in [1.54, 1.807) is 36.5 Å². The van der Waals surface area contributed by atoms with E-state index in [2.05, 4.69) is 4.98 Å². The van der Waals surface area contributed by atoms with E-state index in [-0.39, 0.29) is 5.78 Å². The van der Waals surface area contributed by atoms with Crippen molar-refractivity contribution in [3.05, 3.63) is 58.4 Å². The molecule has 0 saturated carbocycles. The molecule has 0 N–H and O–H groups in total. The molecule has 0 atom stereocenters. The van der Waals surface area contributed by atoms with Crippen LogP contribution in [-0.2, 0) is 0 Å². The van der Waals surface area contributed by atoms with Crippen molar-refractivity contribution in [3.63, 3.8) is 0 Å². The van der Waals surface area contributed by atoms with Crippen LogP contribution >= 0.6 is 11.6 Å². The van der Waals surface area contributed by atoms with Gasteiger partial charge in [0.1, 0.15) is 5.75 Å². The van der Waals surface area contributed by atoms with Crippen LogP contribution in [0, 0.1) is 6.92 Å². The van der Waals surface area contributed by atoms with Gasteiger partial charge in [-0.25, -0.2) is 4.98 Å². The third kappa shape index (κ3) is 2.51. The average Bonchev–Trinajstić information content (AvgIpc) is 2.36. The molecule has 18 heavy (non-hydrogen) atoms. The first-order chi connectivity index (χ1) is 8.61. The van der Waals surface area contributed by atoms with Crippen LogP contribution in [0.1, 0.15) is 21.6 Å². The number of methoxy groups -OCH3 is 1. The highest BCUT2D eigenvalue weighted by Crippen LogP contribution is 2.21. The molecule has 2 rings (SSSR count). The molecule has 2 aromatic rings. The molecular weight excluding hydrogens is 250 g/mol. The summed E-state index contributed by atoms with van der Waals surface area (Å²) in [6, 6.07) is 8.64. The van der Waals surface area contributed by atoms with Crippen molar-refractivity contribution >= 4 is 17.4 Å². The fraction of sp³-hybridized carbons (Fsp3) is 0.143. The number of ether oxygens (including phenoxy) is 1. The Morgan fingerprint density at radius 3 is 2.78 bits per heavy atom. The molecule has 0 unspecified atom stereocenters. The average molecular weight is 262 g/mol. The van der Waals surface area contributed by atoms with Crippen molar-refractivity contribution in [2.75, 3.05) is 7.11 Å². The highest BCUT2D eigenvalue weighted by atomic mass is 35.5. The third-order valence-corrected chi connectivity index (χ3v) is 2.73. The van der Waals surface area contributed by atoms with Gasteiger partial charge in [-0.1, -0.05) is 11.6 Å². The number of halogens is 1. The van der Waals surface area contributed by atoms with E-state index in [9.17, 15) is 4.79 Å². The van der Waals surface area contributed by atoms with Gasteiger partial charge in [0.05, 0.1) is 7.11 Å². The zero-order valence-electron chi connectivity index (χ0n) is 10.1. The lowest BCUT2D eigenvalue weighted by Crippen LogP contribution is -2.06. The summed E-state index contributed by atoms with van der Waals surface area (Å²) in [5.41, 5.74) is 1.74. The number of nitrogens with zero attached hydrogens (tertiary/aromatic N) is 1. The summed E-state index contributed by atoms with van der Waals surface area (Å²) in [4.78, 5) is 16.4. The van der Waals surface area contributed by atoms with Crippen LogP contribution in [-0.4, -0.2) is 17.9 Å².